The zero-order valence-electron chi connectivity index (χ0n) is 32.5. The molecule has 284 valence electrons. The molecular weight excluding hydrogens is 678 g/mol. The van der Waals surface area contributed by atoms with Crippen LogP contribution in [0.15, 0.2) is 57.7 Å². The first-order chi connectivity index (χ1) is 25.1. The van der Waals surface area contributed by atoms with Gasteiger partial charge in [0.05, 0.1) is 37.6 Å². The van der Waals surface area contributed by atoms with Crippen LogP contribution in [0, 0.1) is 0 Å². The molecule has 0 bridgehead atoms. The summed E-state index contributed by atoms with van der Waals surface area (Å²) in [6.45, 7) is 19.2. The van der Waals surface area contributed by atoms with Gasteiger partial charge in [-0.15, -0.1) is 0 Å². The number of hydrogen-bond acceptors (Lipinski definition) is 9. The topological polar surface area (TPSA) is 128 Å². The van der Waals surface area contributed by atoms with Gasteiger partial charge in [0.15, 0.2) is 34.5 Å². The van der Waals surface area contributed by atoms with Gasteiger partial charge in [0, 0.05) is 28.9 Å². The second kappa shape index (κ2) is 16.1. The first-order valence-corrected chi connectivity index (χ1v) is 18.1. The van der Waals surface area contributed by atoms with E-state index in [4.69, 9.17) is 32.8 Å². The van der Waals surface area contributed by atoms with Crippen molar-refractivity contribution in [1.82, 2.24) is 4.57 Å². The summed E-state index contributed by atoms with van der Waals surface area (Å²) in [5, 5.41) is 11.9. The highest BCUT2D eigenvalue weighted by Gasteiger charge is 2.30. The van der Waals surface area contributed by atoms with E-state index in [1.54, 1.807) is 37.4 Å². The highest BCUT2D eigenvalue weighted by atomic mass is 16.5. The molecule has 2 aromatic heterocycles. The molecule has 0 aliphatic rings. The number of benzene rings is 3. The molecule has 5 rings (SSSR count). The number of fused-ring (bicyclic) bond motifs is 3. The molecule has 3 aromatic carbocycles. The number of methoxy groups -OCH3 is 1. The van der Waals surface area contributed by atoms with Crippen LogP contribution in [0.25, 0.3) is 33.0 Å². The summed E-state index contributed by atoms with van der Waals surface area (Å²) in [6.07, 6.45) is -0.452. The Kier molecular flexibility index (Phi) is 11.8. The molecule has 0 aliphatic carbocycles. The summed E-state index contributed by atoms with van der Waals surface area (Å²) in [5.41, 5.74) is 1.29. The van der Waals surface area contributed by atoms with Crippen LogP contribution in [0.1, 0.15) is 85.3 Å². The van der Waals surface area contributed by atoms with Gasteiger partial charge in [0.25, 0.3) is 0 Å². The molecule has 0 fully saturated rings. The quantitative estimate of drug-likeness (QED) is 0.0982. The summed E-state index contributed by atoms with van der Waals surface area (Å²) in [4.78, 5) is 27.6. The van der Waals surface area contributed by atoms with E-state index >= 15 is 0 Å². The monoisotopic (exact) mass is 729 g/mol. The van der Waals surface area contributed by atoms with Crippen LogP contribution in [-0.2, 0) is 13.0 Å². The van der Waals surface area contributed by atoms with Crippen LogP contribution in [0.5, 0.6) is 34.5 Å². The molecule has 0 atom stereocenters. The SMILES string of the molecule is COc1ccc(CCn2c(C(=O)O)c(-c3ccc(OC(C)C)c(OC(C)C)c3)c3c4cc(OC(C)C)c(OC(C)C)cc4oc(=O)c32)cc1OC(C)C. The summed E-state index contributed by atoms with van der Waals surface area (Å²) < 4.78 is 43.6. The highest BCUT2D eigenvalue weighted by molar-refractivity contribution is 6.17. The maximum atomic E-state index is 14.2. The predicted molar refractivity (Wildman–Crippen MR) is 206 cm³/mol. The van der Waals surface area contributed by atoms with Gasteiger partial charge in [-0.3, -0.25) is 0 Å². The first kappa shape index (κ1) is 38.9. The molecule has 0 amide bonds. The lowest BCUT2D eigenvalue weighted by molar-refractivity contribution is 0.0686. The lowest BCUT2D eigenvalue weighted by atomic mass is 9.98. The number of aryl methyl sites for hydroxylation is 2. The van der Waals surface area contributed by atoms with Gasteiger partial charge in [-0.05, 0) is 117 Å². The van der Waals surface area contributed by atoms with E-state index < -0.39 is 11.6 Å². The van der Waals surface area contributed by atoms with Crippen molar-refractivity contribution in [3.63, 3.8) is 0 Å². The molecule has 0 saturated carbocycles. The van der Waals surface area contributed by atoms with Crippen LogP contribution in [0.4, 0.5) is 0 Å². The van der Waals surface area contributed by atoms with Gasteiger partial charge in [0.2, 0.25) is 0 Å². The van der Waals surface area contributed by atoms with Crippen LogP contribution in [0.2, 0.25) is 0 Å². The minimum Gasteiger partial charge on any atom is -0.493 e. The number of carboxylic acid groups (broad SMARTS) is 1. The number of hydrogen-bond donors (Lipinski definition) is 1. The molecule has 2 heterocycles. The van der Waals surface area contributed by atoms with Crippen molar-refractivity contribution in [2.45, 2.75) is 113 Å². The summed E-state index contributed by atoms with van der Waals surface area (Å²) in [7, 11) is 1.58. The van der Waals surface area contributed by atoms with Crippen molar-refractivity contribution in [2.24, 2.45) is 0 Å². The van der Waals surface area contributed by atoms with Crippen LogP contribution in [0.3, 0.4) is 0 Å². The van der Waals surface area contributed by atoms with Crippen LogP contribution in [-0.4, -0.2) is 53.3 Å². The van der Waals surface area contributed by atoms with E-state index in [0.717, 1.165) is 5.56 Å². The molecule has 1 N–H and O–H groups in total. The number of aromatic nitrogens is 1. The van der Waals surface area contributed by atoms with Gasteiger partial charge < -0.3 is 42.5 Å². The highest BCUT2D eigenvalue weighted by Crippen LogP contribution is 2.44. The molecule has 0 spiro atoms. The normalized spacial score (nSPS) is 11.8. The van der Waals surface area contributed by atoms with Crippen molar-refractivity contribution in [1.29, 1.82) is 0 Å². The lowest BCUT2D eigenvalue weighted by Crippen LogP contribution is -2.15. The average Bonchev–Trinajstić information content (AvgIpc) is 3.40. The number of carbonyl (C=O) groups is 1. The maximum absolute atomic E-state index is 14.2. The molecule has 0 radical (unpaired) electrons. The molecule has 0 aliphatic heterocycles. The Bertz CT molecular complexity index is 2160. The summed E-state index contributed by atoms with van der Waals surface area (Å²) in [6, 6.07) is 14.3. The number of ether oxygens (including phenoxy) is 6. The minimum absolute atomic E-state index is 0.0752. The largest absolute Gasteiger partial charge is 0.493 e. The Balaban J connectivity index is 1.85. The Morgan fingerprint density at radius 3 is 1.74 bits per heavy atom. The molecule has 11 heteroatoms. The van der Waals surface area contributed by atoms with Crippen molar-refractivity contribution < 1.29 is 42.7 Å². The van der Waals surface area contributed by atoms with Gasteiger partial charge in [0.1, 0.15) is 16.8 Å². The smallest absolute Gasteiger partial charge is 0.361 e. The zero-order valence-corrected chi connectivity index (χ0v) is 32.5. The Labute approximate surface area is 310 Å². The second-order valence-corrected chi connectivity index (χ2v) is 14.3. The number of nitrogens with zero attached hydrogens (tertiary/aromatic N) is 1. The third-order valence-corrected chi connectivity index (χ3v) is 8.08. The average molecular weight is 730 g/mol. The predicted octanol–water partition coefficient (Wildman–Crippen LogP) is 9.30. The summed E-state index contributed by atoms with van der Waals surface area (Å²) >= 11 is 0. The Hall–Kier alpha value is -5.32. The molecule has 11 nitrogen and oxygen atoms in total. The van der Waals surface area contributed by atoms with Crippen molar-refractivity contribution >= 4 is 27.8 Å². The van der Waals surface area contributed by atoms with E-state index in [2.05, 4.69) is 0 Å². The van der Waals surface area contributed by atoms with E-state index in [1.807, 2.05) is 87.4 Å². The Morgan fingerprint density at radius 1 is 0.679 bits per heavy atom. The zero-order chi connectivity index (χ0) is 38.7. The fraction of sp³-hybridized carbons (Fsp3) is 0.429. The number of aromatic carboxylic acids is 1. The first-order valence-electron chi connectivity index (χ1n) is 18.1. The second-order valence-electron chi connectivity index (χ2n) is 14.3. The standard InChI is InChI=1S/C42H51NO10/c1-22(2)48-31-15-13-28(19-34(31)50-24(5)6)37-38-29-20-35(51-25(7)8)36(52-26(9)10)21-32(29)53-42(46)40(38)43(39(37)41(44)45)17-16-27-12-14-30(47-11)33(18-27)49-23(3)4/h12-15,18-26H,16-17H2,1-11H3,(H,44,45). The van der Waals surface area contributed by atoms with Gasteiger partial charge in [-0.25, -0.2) is 9.59 Å². The third-order valence-electron chi connectivity index (χ3n) is 8.08. The molecule has 53 heavy (non-hydrogen) atoms. The van der Waals surface area contributed by atoms with Crippen molar-refractivity contribution in [2.75, 3.05) is 7.11 Å². The van der Waals surface area contributed by atoms with E-state index in [-0.39, 0.29) is 53.9 Å². The molecule has 0 unspecified atom stereocenters. The van der Waals surface area contributed by atoms with E-state index in [1.165, 1.54) is 4.57 Å². The van der Waals surface area contributed by atoms with Crippen molar-refractivity contribution in [3.05, 3.63) is 70.2 Å². The van der Waals surface area contributed by atoms with Crippen LogP contribution >= 0.6 is 0 Å². The third kappa shape index (κ3) is 8.67. The van der Waals surface area contributed by atoms with Gasteiger partial charge in [-0.1, -0.05) is 12.1 Å². The number of rotatable bonds is 16. The van der Waals surface area contributed by atoms with Gasteiger partial charge >= 0.3 is 11.6 Å². The Morgan fingerprint density at radius 2 is 1.19 bits per heavy atom. The molecule has 5 aromatic rings. The van der Waals surface area contributed by atoms with Gasteiger partial charge in [-0.2, -0.15) is 0 Å². The molecule has 0 saturated heterocycles. The van der Waals surface area contributed by atoms with Crippen LogP contribution < -0.4 is 34.0 Å². The summed E-state index contributed by atoms with van der Waals surface area (Å²) in [5.74, 6) is 1.75. The fourth-order valence-electron chi connectivity index (χ4n) is 6.31. The maximum Gasteiger partial charge on any atom is 0.361 e. The molecular formula is C42H51NO10. The van der Waals surface area contributed by atoms with Crippen molar-refractivity contribution in [3.8, 4) is 45.6 Å². The van der Waals surface area contributed by atoms with E-state index in [9.17, 15) is 14.7 Å². The lowest BCUT2D eigenvalue weighted by Gasteiger charge is -2.19. The van der Waals surface area contributed by atoms with E-state index in [0.29, 0.717) is 62.8 Å². The number of carboxylic acids is 1. The fourth-order valence-corrected chi connectivity index (χ4v) is 6.31. The minimum atomic E-state index is -1.21.